The molecule has 0 aliphatic heterocycles. The maximum atomic E-state index is 12.3. The Morgan fingerprint density at radius 3 is 2.22 bits per heavy atom. The zero-order valence-corrected chi connectivity index (χ0v) is 13.2. The molecule has 2 aromatic carbocycles. The van der Waals surface area contributed by atoms with Gasteiger partial charge in [-0.2, -0.15) is 5.26 Å². The highest BCUT2D eigenvalue weighted by Gasteiger charge is 2.14. The Balaban J connectivity index is 2.12. The molecule has 0 fully saturated rings. The average molecular weight is 329 g/mol. The summed E-state index contributed by atoms with van der Waals surface area (Å²) in [7, 11) is -3.70. The summed E-state index contributed by atoms with van der Waals surface area (Å²) in [6, 6.07) is 14.3. The third kappa shape index (κ3) is 4.56. The highest BCUT2D eigenvalue weighted by molar-refractivity contribution is 7.92. The number of benzene rings is 2. The molecule has 0 saturated carbocycles. The Hall–Kier alpha value is -2.85. The summed E-state index contributed by atoms with van der Waals surface area (Å²) in [6.45, 7) is 1.76. The molecule has 1 amide bonds. The predicted molar refractivity (Wildman–Crippen MR) is 85.9 cm³/mol. The van der Waals surface area contributed by atoms with Gasteiger partial charge in [-0.3, -0.25) is 9.52 Å². The molecule has 0 radical (unpaired) electrons. The van der Waals surface area contributed by atoms with Gasteiger partial charge in [0.25, 0.3) is 10.0 Å². The smallest absolute Gasteiger partial charge is 0.261 e. The number of nitriles is 1. The van der Waals surface area contributed by atoms with Crippen LogP contribution in [0.4, 0.5) is 5.69 Å². The first-order valence-electron chi connectivity index (χ1n) is 6.77. The van der Waals surface area contributed by atoms with Crippen molar-refractivity contribution in [2.45, 2.75) is 18.4 Å². The van der Waals surface area contributed by atoms with Gasteiger partial charge in [-0.15, -0.1) is 0 Å². The van der Waals surface area contributed by atoms with Gasteiger partial charge in [0.1, 0.15) is 0 Å². The molecular formula is C16H15N3O3S. The number of carbonyl (C=O) groups is 1. The van der Waals surface area contributed by atoms with Crippen LogP contribution in [0.15, 0.2) is 53.4 Å². The van der Waals surface area contributed by atoms with Crippen LogP contribution in [0, 0.1) is 11.3 Å². The minimum atomic E-state index is -3.70. The number of sulfonamides is 1. The summed E-state index contributed by atoms with van der Waals surface area (Å²) in [5.74, 6) is -0.149. The topological polar surface area (TPSA) is 99.1 Å². The summed E-state index contributed by atoms with van der Waals surface area (Å²) >= 11 is 0. The second kappa shape index (κ2) is 6.94. The second-order valence-electron chi connectivity index (χ2n) is 4.85. The molecule has 7 heteroatoms. The Bertz CT molecular complexity index is 836. The maximum absolute atomic E-state index is 12.3. The lowest BCUT2D eigenvalue weighted by Crippen LogP contribution is -2.19. The molecule has 2 rings (SSSR count). The van der Waals surface area contributed by atoms with Crippen LogP contribution in [0.2, 0.25) is 0 Å². The summed E-state index contributed by atoms with van der Waals surface area (Å²) in [5, 5.41) is 11.4. The van der Waals surface area contributed by atoms with Gasteiger partial charge < -0.3 is 5.32 Å². The molecule has 118 valence electrons. The van der Waals surface area contributed by atoms with Crippen molar-refractivity contribution in [1.29, 1.82) is 5.26 Å². The Morgan fingerprint density at radius 2 is 1.70 bits per heavy atom. The van der Waals surface area contributed by atoms with Crippen molar-refractivity contribution >= 4 is 21.6 Å². The van der Waals surface area contributed by atoms with Crippen molar-refractivity contribution < 1.29 is 13.2 Å². The minimum absolute atomic E-state index is 0.119. The fourth-order valence-corrected chi connectivity index (χ4v) is 2.90. The normalized spacial score (nSPS) is 10.6. The maximum Gasteiger partial charge on any atom is 0.261 e. The van der Waals surface area contributed by atoms with Gasteiger partial charge in [0.2, 0.25) is 5.91 Å². The van der Waals surface area contributed by atoms with Gasteiger partial charge in [-0.25, -0.2) is 8.42 Å². The van der Waals surface area contributed by atoms with Gasteiger partial charge in [0.05, 0.1) is 16.5 Å². The molecule has 0 unspecified atom stereocenters. The van der Waals surface area contributed by atoms with Crippen LogP contribution in [0.5, 0.6) is 0 Å². The van der Waals surface area contributed by atoms with Crippen LogP contribution >= 0.6 is 0 Å². The van der Waals surface area contributed by atoms with E-state index in [1.54, 1.807) is 12.1 Å². The minimum Gasteiger partial charge on any atom is -0.352 e. The first-order valence-corrected chi connectivity index (χ1v) is 8.25. The van der Waals surface area contributed by atoms with Crippen LogP contribution in [-0.2, 0) is 21.4 Å². The molecule has 2 N–H and O–H groups in total. The van der Waals surface area contributed by atoms with Gasteiger partial charge >= 0.3 is 0 Å². The van der Waals surface area contributed by atoms with Crippen LogP contribution in [0.25, 0.3) is 0 Å². The fourth-order valence-electron chi connectivity index (χ4n) is 1.84. The monoisotopic (exact) mass is 329 g/mol. The van der Waals surface area contributed by atoms with Crippen molar-refractivity contribution in [2.24, 2.45) is 0 Å². The Morgan fingerprint density at radius 1 is 1.09 bits per heavy atom. The first kappa shape index (κ1) is 16.5. The largest absolute Gasteiger partial charge is 0.352 e. The summed E-state index contributed by atoms with van der Waals surface area (Å²) < 4.78 is 27.0. The van der Waals surface area contributed by atoms with Gasteiger partial charge in [0, 0.05) is 19.2 Å². The van der Waals surface area contributed by atoms with Crippen LogP contribution < -0.4 is 10.0 Å². The number of nitrogens with zero attached hydrogens (tertiary/aromatic N) is 1. The van der Waals surface area contributed by atoms with E-state index in [0.717, 1.165) is 5.56 Å². The highest BCUT2D eigenvalue weighted by Crippen LogP contribution is 2.17. The molecule has 0 bridgehead atoms. The van der Waals surface area contributed by atoms with Gasteiger partial charge in [-0.05, 0) is 42.0 Å². The number of amides is 1. The number of rotatable bonds is 5. The molecule has 0 atom stereocenters. The van der Waals surface area contributed by atoms with Crippen molar-refractivity contribution in [3.63, 3.8) is 0 Å². The summed E-state index contributed by atoms with van der Waals surface area (Å²) in [4.78, 5) is 11.0. The van der Waals surface area contributed by atoms with Crippen LogP contribution in [0.3, 0.4) is 0 Å². The number of nitrogens with one attached hydrogen (secondary N) is 2. The van der Waals surface area contributed by atoms with Crippen molar-refractivity contribution in [1.82, 2.24) is 5.32 Å². The molecule has 0 heterocycles. The van der Waals surface area contributed by atoms with E-state index >= 15 is 0 Å². The molecule has 0 aliphatic rings. The zero-order chi connectivity index (χ0) is 16.9. The van der Waals surface area contributed by atoms with Crippen molar-refractivity contribution in [2.75, 3.05) is 4.72 Å². The quantitative estimate of drug-likeness (QED) is 0.876. The SMILES string of the molecule is CC(=O)NCc1ccc(S(=O)(=O)Nc2ccc(C#N)cc2)cc1. The van der Waals surface area contributed by atoms with Gasteiger partial charge in [-0.1, -0.05) is 12.1 Å². The lowest BCUT2D eigenvalue weighted by atomic mass is 10.2. The van der Waals surface area contributed by atoms with Gasteiger partial charge in [0.15, 0.2) is 0 Å². The highest BCUT2D eigenvalue weighted by atomic mass is 32.2. The number of hydrogen-bond donors (Lipinski definition) is 2. The van der Waals surface area contributed by atoms with E-state index in [1.165, 1.54) is 43.3 Å². The van der Waals surface area contributed by atoms with Crippen LogP contribution in [0.1, 0.15) is 18.1 Å². The van der Waals surface area contributed by atoms with E-state index < -0.39 is 10.0 Å². The summed E-state index contributed by atoms with van der Waals surface area (Å²) in [5.41, 5.74) is 1.64. The van der Waals surface area contributed by atoms with E-state index in [0.29, 0.717) is 17.8 Å². The van der Waals surface area contributed by atoms with E-state index in [4.69, 9.17) is 5.26 Å². The van der Waals surface area contributed by atoms with E-state index in [9.17, 15) is 13.2 Å². The molecule has 23 heavy (non-hydrogen) atoms. The predicted octanol–water partition coefficient (Wildman–Crippen LogP) is 2.00. The second-order valence-corrected chi connectivity index (χ2v) is 6.53. The average Bonchev–Trinajstić information content (AvgIpc) is 2.53. The lowest BCUT2D eigenvalue weighted by molar-refractivity contribution is -0.119. The fraction of sp³-hybridized carbons (Fsp3) is 0.125. The van der Waals surface area contributed by atoms with E-state index in [2.05, 4.69) is 10.0 Å². The molecule has 2 aromatic rings. The third-order valence-electron chi connectivity index (χ3n) is 3.04. The standard InChI is InChI=1S/C16H15N3O3S/c1-12(20)18-11-14-4-8-16(9-5-14)23(21,22)19-15-6-2-13(10-17)3-7-15/h2-9,19H,11H2,1H3,(H,18,20). The molecular weight excluding hydrogens is 314 g/mol. The van der Waals surface area contributed by atoms with E-state index in [1.807, 2.05) is 6.07 Å². The third-order valence-corrected chi connectivity index (χ3v) is 4.44. The molecule has 0 saturated heterocycles. The van der Waals surface area contributed by atoms with Crippen molar-refractivity contribution in [3.05, 3.63) is 59.7 Å². The lowest BCUT2D eigenvalue weighted by Gasteiger charge is -2.09. The zero-order valence-electron chi connectivity index (χ0n) is 12.4. The van der Waals surface area contributed by atoms with Crippen LogP contribution in [-0.4, -0.2) is 14.3 Å². The molecule has 0 aromatic heterocycles. The first-order chi connectivity index (χ1) is 10.9. The van der Waals surface area contributed by atoms with Crippen molar-refractivity contribution in [3.8, 4) is 6.07 Å². The number of anilines is 1. The number of carbonyl (C=O) groups excluding carboxylic acids is 1. The Labute approximate surface area is 134 Å². The molecule has 0 spiro atoms. The molecule has 0 aliphatic carbocycles. The van der Waals surface area contributed by atoms with E-state index in [-0.39, 0.29) is 10.8 Å². The Kier molecular flexibility index (Phi) is 4.98. The number of hydrogen-bond acceptors (Lipinski definition) is 4. The molecule has 6 nitrogen and oxygen atoms in total. The summed E-state index contributed by atoms with van der Waals surface area (Å²) in [6.07, 6.45) is 0.